The van der Waals surface area contributed by atoms with Crippen molar-refractivity contribution in [3.05, 3.63) is 69.6 Å². The van der Waals surface area contributed by atoms with Gasteiger partial charge in [0.05, 0.1) is 17.5 Å². The van der Waals surface area contributed by atoms with Gasteiger partial charge in [-0.1, -0.05) is 35.6 Å². The average molecular weight is 513 g/mol. The van der Waals surface area contributed by atoms with Gasteiger partial charge in [-0.2, -0.15) is 0 Å². The minimum atomic E-state index is -0.216. The third kappa shape index (κ3) is 4.38. The van der Waals surface area contributed by atoms with Gasteiger partial charge < -0.3 is 20.6 Å². The van der Waals surface area contributed by atoms with Gasteiger partial charge in [0.25, 0.3) is 0 Å². The van der Waals surface area contributed by atoms with Crippen molar-refractivity contribution in [2.24, 2.45) is 0 Å². The van der Waals surface area contributed by atoms with Crippen molar-refractivity contribution >= 4 is 39.2 Å². The van der Waals surface area contributed by atoms with E-state index in [-0.39, 0.29) is 17.8 Å². The van der Waals surface area contributed by atoms with Crippen LogP contribution in [0.15, 0.2) is 53.6 Å². The number of nitrogen functional groups attached to an aromatic ring is 1. The number of anilines is 2. The quantitative estimate of drug-likeness (QED) is 0.299. The van der Waals surface area contributed by atoms with E-state index in [9.17, 15) is 9.59 Å². The molecule has 1 amide bonds. The van der Waals surface area contributed by atoms with Crippen molar-refractivity contribution in [3.8, 4) is 22.6 Å². The lowest BCUT2D eigenvalue weighted by molar-refractivity contribution is -0.115. The predicted molar refractivity (Wildman–Crippen MR) is 143 cm³/mol. The maximum atomic E-state index is 13.2. The normalized spacial score (nSPS) is 13.2. The molecule has 1 aliphatic carbocycles. The molecule has 0 unspecified atom stereocenters. The van der Waals surface area contributed by atoms with Gasteiger partial charge >= 0.3 is 0 Å². The van der Waals surface area contributed by atoms with Crippen LogP contribution in [0.5, 0.6) is 0 Å². The number of aromatic amines is 1. The molecule has 11 heteroatoms. The molecule has 1 saturated carbocycles. The molecule has 4 aromatic heterocycles. The molecule has 37 heavy (non-hydrogen) atoms. The number of H-pyrrole nitrogens is 1. The van der Waals surface area contributed by atoms with Crippen molar-refractivity contribution in [2.75, 3.05) is 11.1 Å². The second-order valence-corrected chi connectivity index (χ2v) is 9.99. The minimum Gasteiger partial charge on any atom is -0.384 e. The van der Waals surface area contributed by atoms with Gasteiger partial charge in [-0.3, -0.25) is 9.59 Å². The summed E-state index contributed by atoms with van der Waals surface area (Å²) in [7, 11) is 0. The highest BCUT2D eigenvalue weighted by Crippen LogP contribution is 2.42. The third-order valence-corrected chi connectivity index (χ3v) is 7.43. The lowest BCUT2D eigenvalue weighted by Crippen LogP contribution is -2.18. The summed E-state index contributed by atoms with van der Waals surface area (Å²) in [5.41, 5.74) is 9.48. The molecular formula is C26H24N8O2S. The fourth-order valence-corrected chi connectivity index (χ4v) is 5.29. The van der Waals surface area contributed by atoms with Gasteiger partial charge in [0.15, 0.2) is 0 Å². The van der Waals surface area contributed by atoms with E-state index in [1.807, 2.05) is 41.8 Å². The highest BCUT2D eigenvalue weighted by atomic mass is 32.1. The van der Waals surface area contributed by atoms with E-state index in [0.717, 1.165) is 29.0 Å². The lowest BCUT2D eigenvalue weighted by atomic mass is 10.1. The summed E-state index contributed by atoms with van der Waals surface area (Å²) >= 11 is 1.45. The zero-order valence-corrected chi connectivity index (χ0v) is 20.9. The minimum absolute atomic E-state index is 0.134. The van der Waals surface area contributed by atoms with Gasteiger partial charge in [-0.05, 0) is 37.5 Å². The Hall–Kier alpha value is -4.38. The first kappa shape index (κ1) is 23.0. The lowest BCUT2D eigenvalue weighted by Gasteiger charge is -2.15. The van der Waals surface area contributed by atoms with Gasteiger partial charge in [0.1, 0.15) is 27.9 Å². The molecule has 5 aromatic rings. The van der Waals surface area contributed by atoms with E-state index in [0.29, 0.717) is 51.5 Å². The van der Waals surface area contributed by atoms with E-state index in [4.69, 9.17) is 10.7 Å². The van der Waals surface area contributed by atoms with Gasteiger partial charge in [0, 0.05) is 30.4 Å². The van der Waals surface area contributed by atoms with Crippen molar-refractivity contribution in [3.63, 3.8) is 0 Å². The van der Waals surface area contributed by atoms with Crippen LogP contribution in [-0.4, -0.2) is 35.6 Å². The number of aryl methyl sites for hydroxylation is 1. The Bertz CT molecular complexity index is 1670. The van der Waals surface area contributed by atoms with Crippen LogP contribution in [0.3, 0.4) is 0 Å². The second-order valence-electron chi connectivity index (χ2n) is 8.98. The summed E-state index contributed by atoms with van der Waals surface area (Å²) in [6, 6.07) is 11.2. The first-order valence-corrected chi connectivity index (χ1v) is 12.9. The molecule has 0 spiro atoms. The molecule has 1 fully saturated rings. The van der Waals surface area contributed by atoms with Gasteiger partial charge in [-0.25, -0.2) is 9.97 Å². The topological polar surface area (TPSA) is 144 Å². The molecule has 10 nitrogen and oxygen atoms in total. The summed E-state index contributed by atoms with van der Waals surface area (Å²) in [4.78, 5) is 37.7. The number of fused-ring (bicyclic) bond motifs is 1. The molecule has 0 atom stereocenters. The van der Waals surface area contributed by atoms with Crippen LogP contribution in [0.4, 0.5) is 10.9 Å². The monoisotopic (exact) mass is 512 g/mol. The number of nitrogens with two attached hydrogens (primary N) is 1. The van der Waals surface area contributed by atoms with Crippen LogP contribution in [0.1, 0.15) is 36.3 Å². The standard InChI is InChI=1S/C26H24N8O2S/c1-2-34-22(27)20(23-28-11-12-29-23)21(36)17-9-10-18(30-24(17)34)15-5-3-14(4-6-15)13-19(35)31-26-33-32-25(37-26)16-7-8-16/h3-6,9-12,16H,2,7-8,13,27H2,1H3,(H,28,29)(H,31,33,35). The Kier molecular flexibility index (Phi) is 5.76. The molecule has 4 heterocycles. The fourth-order valence-electron chi connectivity index (χ4n) is 4.37. The van der Waals surface area contributed by atoms with Gasteiger partial charge in [0.2, 0.25) is 16.5 Å². The summed E-state index contributed by atoms with van der Waals surface area (Å²) in [6.07, 6.45) is 5.77. The average Bonchev–Trinajstić information content (AvgIpc) is 3.40. The van der Waals surface area contributed by atoms with Crippen LogP contribution in [0, 0.1) is 0 Å². The number of aromatic nitrogens is 6. The Morgan fingerprint density at radius 2 is 2.00 bits per heavy atom. The number of nitrogens with one attached hydrogen (secondary N) is 2. The Balaban J connectivity index is 1.24. The number of amides is 1. The molecule has 0 radical (unpaired) electrons. The van der Waals surface area contributed by atoms with Crippen molar-refractivity contribution in [1.29, 1.82) is 0 Å². The van der Waals surface area contributed by atoms with Crippen LogP contribution < -0.4 is 16.5 Å². The fraction of sp³-hybridized carbons (Fsp3) is 0.231. The molecule has 6 rings (SSSR count). The largest absolute Gasteiger partial charge is 0.384 e. The first-order chi connectivity index (χ1) is 18.0. The molecule has 0 saturated heterocycles. The maximum absolute atomic E-state index is 13.2. The molecule has 186 valence electrons. The van der Waals surface area contributed by atoms with Crippen LogP contribution in [-0.2, 0) is 17.8 Å². The van der Waals surface area contributed by atoms with Gasteiger partial charge in [-0.15, -0.1) is 10.2 Å². The molecular weight excluding hydrogens is 488 g/mol. The van der Waals surface area contributed by atoms with Crippen molar-refractivity contribution in [1.82, 2.24) is 29.7 Å². The van der Waals surface area contributed by atoms with E-state index in [1.54, 1.807) is 18.5 Å². The maximum Gasteiger partial charge on any atom is 0.230 e. The number of hydrogen-bond donors (Lipinski definition) is 3. The van der Waals surface area contributed by atoms with E-state index in [1.165, 1.54) is 11.3 Å². The smallest absolute Gasteiger partial charge is 0.230 e. The zero-order chi connectivity index (χ0) is 25.5. The number of hydrogen-bond acceptors (Lipinski definition) is 8. The SMILES string of the molecule is CCn1c(N)c(-c2ncc[nH]2)c(=O)c2ccc(-c3ccc(CC(=O)Nc4nnc(C5CC5)s4)cc3)nc21. The summed E-state index contributed by atoms with van der Waals surface area (Å²) < 4.78 is 1.82. The predicted octanol–water partition coefficient (Wildman–Crippen LogP) is 3.97. The Morgan fingerprint density at radius 1 is 1.19 bits per heavy atom. The Morgan fingerprint density at radius 3 is 2.70 bits per heavy atom. The van der Waals surface area contributed by atoms with Crippen molar-refractivity contribution < 1.29 is 4.79 Å². The molecule has 0 aliphatic heterocycles. The number of pyridine rings is 2. The summed E-state index contributed by atoms with van der Waals surface area (Å²) in [5.74, 6) is 1.14. The number of nitrogens with zero attached hydrogens (tertiary/aromatic N) is 5. The third-order valence-electron chi connectivity index (χ3n) is 6.43. The van der Waals surface area contributed by atoms with E-state index < -0.39 is 0 Å². The highest BCUT2D eigenvalue weighted by Gasteiger charge is 2.27. The Labute approximate surface area is 215 Å². The van der Waals surface area contributed by atoms with Crippen LogP contribution in [0.25, 0.3) is 33.7 Å². The van der Waals surface area contributed by atoms with E-state index >= 15 is 0 Å². The van der Waals surface area contributed by atoms with Crippen LogP contribution in [0.2, 0.25) is 0 Å². The molecule has 4 N–H and O–H groups in total. The number of rotatable bonds is 7. The highest BCUT2D eigenvalue weighted by molar-refractivity contribution is 7.15. The molecule has 1 aliphatic rings. The number of carbonyl (C=O) groups excluding carboxylic acids is 1. The zero-order valence-electron chi connectivity index (χ0n) is 20.1. The summed E-state index contributed by atoms with van der Waals surface area (Å²) in [5, 5.41) is 13.1. The van der Waals surface area contributed by atoms with E-state index in [2.05, 4.69) is 25.5 Å². The number of carbonyl (C=O) groups is 1. The second kappa shape index (κ2) is 9.25. The number of benzene rings is 1. The van der Waals surface area contributed by atoms with Crippen molar-refractivity contribution in [2.45, 2.75) is 38.6 Å². The molecule has 1 aromatic carbocycles. The summed E-state index contributed by atoms with van der Waals surface area (Å²) in [6.45, 7) is 2.49. The van der Waals surface area contributed by atoms with Crippen LogP contribution >= 0.6 is 11.3 Å². The first-order valence-electron chi connectivity index (χ1n) is 12.1. The molecule has 0 bridgehead atoms. The number of imidazole rings is 1.